The molecule has 2 aromatic carbocycles. The summed E-state index contributed by atoms with van der Waals surface area (Å²) in [5, 5.41) is 3.38. The van der Waals surface area contributed by atoms with Gasteiger partial charge in [0.1, 0.15) is 11.6 Å². The molecular formula is C19H21ClFNO2S. The van der Waals surface area contributed by atoms with Crippen LogP contribution in [0.5, 0.6) is 5.75 Å². The molecule has 1 atom stereocenters. The van der Waals surface area contributed by atoms with Crippen molar-refractivity contribution in [3.63, 3.8) is 0 Å². The summed E-state index contributed by atoms with van der Waals surface area (Å²) >= 11 is 7.11. The number of hydrogen-bond acceptors (Lipinski definition) is 3. The van der Waals surface area contributed by atoms with Gasteiger partial charge in [0.15, 0.2) is 0 Å². The minimum absolute atomic E-state index is 0.0497. The number of amides is 1. The Labute approximate surface area is 156 Å². The molecular weight excluding hydrogens is 361 g/mol. The van der Waals surface area contributed by atoms with Gasteiger partial charge in [-0.3, -0.25) is 4.79 Å². The minimum Gasteiger partial charge on any atom is -0.497 e. The minimum atomic E-state index is -0.343. The number of halogens is 2. The molecule has 0 radical (unpaired) electrons. The zero-order valence-corrected chi connectivity index (χ0v) is 15.8. The van der Waals surface area contributed by atoms with Crippen LogP contribution in [0, 0.1) is 5.82 Å². The lowest BCUT2D eigenvalue weighted by Gasteiger charge is -2.17. The molecule has 0 aliphatic rings. The van der Waals surface area contributed by atoms with Crippen LogP contribution in [0.1, 0.15) is 30.5 Å². The van der Waals surface area contributed by atoms with Crippen molar-refractivity contribution >= 4 is 29.3 Å². The van der Waals surface area contributed by atoms with Gasteiger partial charge in [-0.15, -0.1) is 11.8 Å². The first-order valence-corrected chi connectivity index (χ1v) is 9.51. The maximum Gasteiger partial charge on any atom is 0.230 e. The number of ether oxygens (including phenoxy) is 1. The molecule has 25 heavy (non-hydrogen) atoms. The summed E-state index contributed by atoms with van der Waals surface area (Å²) in [4.78, 5) is 12.2. The van der Waals surface area contributed by atoms with Crippen molar-refractivity contribution in [2.24, 2.45) is 0 Å². The van der Waals surface area contributed by atoms with E-state index in [4.69, 9.17) is 16.3 Å². The van der Waals surface area contributed by atoms with Crippen LogP contribution in [-0.4, -0.2) is 18.8 Å². The highest BCUT2D eigenvalue weighted by atomic mass is 35.5. The second-order valence-electron chi connectivity index (χ2n) is 5.53. The van der Waals surface area contributed by atoms with Crippen molar-refractivity contribution in [2.75, 3.05) is 12.9 Å². The Morgan fingerprint density at radius 1 is 1.28 bits per heavy atom. The van der Waals surface area contributed by atoms with Gasteiger partial charge >= 0.3 is 0 Å². The van der Waals surface area contributed by atoms with Crippen LogP contribution < -0.4 is 10.1 Å². The van der Waals surface area contributed by atoms with E-state index >= 15 is 0 Å². The lowest BCUT2D eigenvalue weighted by Crippen LogP contribution is -2.29. The fraction of sp³-hybridized carbons (Fsp3) is 0.316. The van der Waals surface area contributed by atoms with Gasteiger partial charge in [0.2, 0.25) is 5.91 Å². The molecule has 0 aliphatic heterocycles. The molecule has 0 heterocycles. The highest BCUT2D eigenvalue weighted by Crippen LogP contribution is 2.22. The predicted molar refractivity (Wildman–Crippen MR) is 102 cm³/mol. The Hall–Kier alpha value is -1.72. The normalized spacial score (nSPS) is 11.8. The molecule has 6 heteroatoms. The molecule has 134 valence electrons. The lowest BCUT2D eigenvalue weighted by atomic mass is 10.0. The topological polar surface area (TPSA) is 38.3 Å². The van der Waals surface area contributed by atoms with E-state index < -0.39 is 0 Å². The summed E-state index contributed by atoms with van der Waals surface area (Å²) in [5.74, 6) is 1.07. The predicted octanol–water partition coefficient (Wildman–Crippen LogP) is 4.99. The lowest BCUT2D eigenvalue weighted by molar-refractivity contribution is -0.119. The third-order valence-electron chi connectivity index (χ3n) is 3.77. The molecule has 2 rings (SSSR count). The number of nitrogens with one attached hydrogen (secondary N) is 1. The second kappa shape index (κ2) is 9.68. The summed E-state index contributed by atoms with van der Waals surface area (Å²) in [6, 6.07) is 12.2. The largest absolute Gasteiger partial charge is 0.497 e. The Kier molecular flexibility index (Phi) is 7.59. The van der Waals surface area contributed by atoms with Gasteiger partial charge in [-0.05, 0) is 41.8 Å². The molecule has 3 nitrogen and oxygen atoms in total. The number of benzene rings is 2. The average Bonchev–Trinajstić information content (AvgIpc) is 2.61. The number of rotatable bonds is 8. The zero-order chi connectivity index (χ0) is 18.2. The van der Waals surface area contributed by atoms with Crippen LogP contribution in [-0.2, 0) is 10.5 Å². The van der Waals surface area contributed by atoms with Gasteiger partial charge in [0.05, 0.1) is 18.9 Å². The molecule has 1 N–H and O–H groups in total. The third-order valence-corrected chi connectivity index (χ3v) is 4.98. The molecule has 0 unspecified atom stereocenters. The fourth-order valence-electron chi connectivity index (χ4n) is 2.39. The molecule has 0 aromatic heterocycles. The third kappa shape index (κ3) is 5.94. The Morgan fingerprint density at radius 3 is 2.60 bits per heavy atom. The van der Waals surface area contributed by atoms with E-state index in [1.807, 2.05) is 31.2 Å². The Bertz CT molecular complexity index is 709. The molecule has 1 amide bonds. The highest BCUT2D eigenvalue weighted by Gasteiger charge is 2.13. The molecule has 0 fully saturated rings. The number of hydrogen-bond donors (Lipinski definition) is 1. The van der Waals surface area contributed by atoms with E-state index in [9.17, 15) is 9.18 Å². The van der Waals surface area contributed by atoms with Crippen molar-refractivity contribution in [3.8, 4) is 5.75 Å². The molecule has 0 aliphatic carbocycles. The molecule has 0 saturated heterocycles. The Balaban J connectivity index is 1.85. The van der Waals surface area contributed by atoms with E-state index in [2.05, 4.69) is 5.32 Å². The first kappa shape index (κ1) is 19.6. The summed E-state index contributed by atoms with van der Waals surface area (Å²) in [7, 11) is 1.62. The highest BCUT2D eigenvalue weighted by molar-refractivity contribution is 7.99. The first-order valence-electron chi connectivity index (χ1n) is 7.98. The summed E-state index contributed by atoms with van der Waals surface area (Å²) in [6.45, 7) is 2.02. The van der Waals surface area contributed by atoms with E-state index in [1.165, 1.54) is 17.8 Å². The summed E-state index contributed by atoms with van der Waals surface area (Å²) in [6.07, 6.45) is 0.786. The Morgan fingerprint density at radius 2 is 2.00 bits per heavy atom. The van der Waals surface area contributed by atoms with E-state index in [1.54, 1.807) is 19.2 Å². The van der Waals surface area contributed by atoms with Gasteiger partial charge in [-0.1, -0.05) is 36.7 Å². The van der Waals surface area contributed by atoms with Crippen LogP contribution in [0.25, 0.3) is 0 Å². The SMILES string of the molecule is CC[C@H](NC(=O)CSCc1ccc(Cl)cc1F)c1ccc(OC)cc1. The maximum atomic E-state index is 13.7. The second-order valence-corrected chi connectivity index (χ2v) is 6.95. The van der Waals surface area contributed by atoms with Crippen molar-refractivity contribution in [2.45, 2.75) is 25.1 Å². The first-order chi connectivity index (χ1) is 12.0. The zero-order valence-electron chi connectivity index (χ0n) is 14.2. The van der Waals surface area contributed by atoms with Crippen molar-refractivity contribution in [1.82, 2.24) is 5.32 Å². The summed E-state index contributed by atoms with van der Waals surface area (Å²) < 4.78 is 18.9. The number of thioether (sulfide) groups is 1. The van der Waals surface area contributed by atoms with Crippen molar-refractivity contribution < 1.29 is 13.9 Å². The van der Waals surface area contributed by atoms with Gasteiger partial charge < -0.3 is 10.1 Å². The van der Waals surface area contributed by atoms with E-state index in [0.29, 0.717) is 16.3 Å². The quantitative estimate of drug-likeness (QED) is 0.700. The van der Waals surface area contributed by atoms with Crippen LogP contribution in [0.15, 0.2) is 42.5 Å². The van der Waals surface area contributed by atoms with Gasteiger partial charge in [-0.2, -0.15) is 0 Å². The smallest absolute Gasteiger partial charge is 0.230 e. The van der Waals surface area contributed by atoms with Crippen LogP contribution in [0.3, 0.4) is 0 Å². The van der Waals surface area contributed by atoms with Gasteiger partial charge in [0.25, 0.3) is 0 Å². The maximum absolute atomic E-state index is 13.7. The van der Waals surface area contributed by atoms with Crippen molar-refractivity contribution in [1.29, 1.82) is 0 Å². The summed E-state index contributed by atoms with van der Waals surface area (Å²) in [5.41, 5.74) is 1.58. The average molecular weight is 382 g/mol. The van der Waals surface area contributed by atoms with Crippen LogP contribution in [0.2, 0.25) is 5.02 Å². The van der Waals surface area contributed by atoms with E-state index in [0.717, 1.165) is 17.7 Å². The van der Waals surface area contributed by atoms with E-state index in [-0.39, 0.29) is 23.5 Å². The molecule has 0 bridgehead atoms. The van der Waals surface area contributed by atoms with Crippen LogP contribution >= 0.6 is 23.4 Å². The number of methoxy groups -OCH3 is 1. The monoisotopic (exact) mass is 381 g/mol. The molecule has 0 spiro atoms. The molecule has 2 aromatic rings. The van der Waals surface area contributed by atoms with Crippen LogP contribution in [0.4, 0.5) is 4.39 Å². The van der Waals surface area contributed by atoms with Crippen molar-refractivity contribution in [3.05, 3.63) is 64.4 Å². The number of carbonyl (C=O) groups excluding carboxylic acids is 1. The standard InChI is InChI=1S/C19H21ClFNO2S/c1-3-18(13-5-8-16(24-2)9-6-13)22-19(23)12-25-11-14-4-7-15(20)10-17(14)21/h4-10,18H,3,11-12H2,1-2H3,(H,22,23)/t18-/m0/s1. The van der Waals surface area contributed by atoms with Gasteiger partial charge in [0, 0.05) is 10.8 Å². The van der Waals surface area contributed by atoms with Gasteiger partial charge in [-0.25, -0.2) is 4.39 Å². The molecule has 0 saturated carbocycles. The fourth-order valence-corrected chi connectivity index (χ4v) is 3.37. The number of carbonyl (C=O) groups is 1.